The van der Waals surface area contributed by atoms with Crippen LogP contribution in [0.3, 0.4) is 0 Å². The Labute approximate surface area is 111 Å². The lowest BCUT2D eigenvalue weighted by atomic mass is 10.2. The first-order chi connectivity index (χ1) is 8.62. The molecule has 0 spiro atoms. The van der Waals surface area contributed by atoms with Crippen molar-refractivity contribution >= 4 is 5.97 Å². The normalized spacial score (nSPS) is 22.4. The standard InChI is InChI=1S/C14H28N2O2/c1-5-15(6-2)13-8-9-16(11-13)12(4)10-14(17)18-7-3/h12-13H,5-11H2,1-4H3. The maximum atomic E-state index is 11.5. The van der Waals surface area contributed by atoms with E-state index in [0.717, 1.165) is 26.2 Å². The highest BCUT2D eigenvalue weighted by Crippen LogP contribution is 2.19. The van der Waals surface area contributed by atoms with Gasteiger partial charge in [0.15, 0.2) is 0 Å². The lowest BCUT2D eigenvalue weighted by molar-refractivity contribution is -0.144. The number of carbonyl (C=O) groups is 1. The molecule has 0 aromatic carbocycles. The zero-order chi connectivity index (χ0) is 13.5. The summed E-state index contributed by atoms with van der Waals surface area (Å²) in [7, 11) is 0. The van der Waals surface area contributed by atoms with Gasteiger partial charge in [0.1, 0.15) is 0 Å². The Hall–Kier alpha value is -0.610. The third-order valence-corrected chi connectivity index (χ3v) is 3.91. The van der Waals surface area contributed by atoms with E-state index in [4.69, 9.17) is 4.74 Å². The Bertz CT molecular complexity index is 254. The van der Waals surface area contributed by atoms with Gasteiger partial charge in [0.25, 0.3) is 0 Å². The van der Waals surface area contributed by atoms with E-state index >= 15 is 0 Å². The highest BCUT2D eigenvalue weighted by molar-refractivity contribution is 5.70. The van der Waals surface area contributed by atoms with Gasteiger partial charge in [0.05, 0.1) is 13.0 Å². The summed E-state index contributed by atoms with van der Waals surface area (Å²) in [5.41, 5.74) is 0. The minimum atomic E-state index is -0.0729. The maximum Gasteiger partial charge on any atom is 0.307 e. The second-order valence-corrected chi connectivity index (χ2v) is 5.02. The van der Waals surface area contributed by atoms with Crippen molar-refractivity contribution in [2.75, 3.05) is 32.8 Å². The van der Waals surface area contributed by atoms with Crippen LogP contribution in [0.25, 0.3) is 0 Å². The van der Waals surface area contributed by atoms with Crippen LogP contribution in [-0.2, 0) is 9.53 Å². The molecule has 1 aliphatic heterocycles. The largest absolute Gasteiger partial charge is 0.466 e. The average Bonchev–Trinajstić information content (AvgIpc) is 2.80. The van der Waals surface area contributed by atoms with Gasteiger partial charge in [-0.15, -0.1) is 0 Å². The third-order valence-electron chi connectivity index (χ3n) is 3.91. The van der Waals surface area contributed by atoms with E-state index in [-0.39, 0.29) is 5.97 Å². The molecule has 4 heteroatoms. The van der Waals surface area contributed by atoms with Gasteiger partial charge in [0.2, 0.25) is 0 Å². The van der Waals surface area contributed by atoms with Gasteiger partial charge in [-0.3, -0.25) is 14.6 Å². The highest BCUT2D eigenvalue weighted by atomic mass is 16.5. The van der Waals surface area contributed by atoms with Crippen molar-refractivity contribution in [3.05, 3.63) is 0 Å². The van der Waals surface area contributed by atoms with Gasteiger partial charge in [-0.1, -0.05) is 13.8 Å². The molecule has 0 bridgehead atoms. The monoisotopic (exact) mass is 256 g/mol. The van der Waals surface area contributed by atoms with Crippen LogP contribution in [-0.4, -0.2) is 60.6 Å². The highest BCUT2D eigenvalue weighted by Gasteiger charge is 2.29. The zero-order valence-corrected chi connectivity index (χ0v) is 12.3. The smallest absolute Gasteiger partial charge is 0.307 e. The van der Waals surface area contributed by atoms with Crippen LogP contribution in [0.1, 0.15) is 40.5 Å². The zero-order valence-electron chi connectivity index (χ0n) is 12.3. The molecule has 2 atom stereocenters. The van der Waals surface area contributed by atoms with Crippen molar-refractivity contribution in [2.24, 2.45) is 0 Å². The van der Waals surface area contributed by atoms with E-state index in [1.165, 1.54) is 6.42 Å². The van der Waals surface area contributed by atoms with Crippen LogP contribution < -0.4 is 0 Å². The predicted molar refractivity (Wildman–Crippen MR) is 73.6 cm³/mol. The molecule has 1 aliphatic rings. The number of esters is 1. The molecular formula is C14H28N2O2. The van der Waals surface area contributed by atoms with Crippen LogP contribution in [0.5, 0.6) is 0 Å². The first-order valence-corrected chi connectivity index (χ1v) is 7.26. The number of likely N-dealkylation sites (tertiary alicyclic amines) is 1. The molecule has 0 aromatic heterocycles. The van der Waals surface area contributed by atoms with Gasteiger partial charge in [0, 0.05) is 25.2 Å². The minimum Gasteiger partial charge on any atom is -0.466 e. The Balaban J connectivity index is 2.38. The fraction of sp³-hybridized carbons (Fsp3) is 0.929. The van der Waals surface area contributed by atoms with Crippen molar-refractivity contribution in [3.8, 4) is 0 Å². The van der Waals surface area contributed by atoms with Gasteiger partial charge >= 0.3 is 5.97 Å². The van der Waals surface area contributed by atoms with Crippen molar-refractivity contribution in [1.82, 2.24) is 9.80 Å². The lowest BCUT2D eigenvalue weighted by Gasteiger charge is -2.28. The topological polar surface area (TPSA) is 32.8 Å². The van der Waals surface area contributed by atoms with Gasteiger partial charge < -0.3 is 4.74 Å². The van der Waals surface area contributed by atoms with Crippen LogP contribution in [0.15, 0.2) is 0 Å². The SMILES string of the molecule is CCOC(=O)CC(C)N1CCC(N(CC)CC)C1. The molecule has 1 heterocycles. The van der Waals surface area contributed by atoms with Gasteiger partial charge in [-0.2, -0.15) is 0 Å². The second-order valence-electron chi connectivity index (χ2n) is 5.02. The Kier molecular flexibility index (Phi) is 6.65. The summed E-state index contributed by atoms with van der Waals surface area (Å²) in [4.78, 5) is 16.4. The number of hydrogen-bond donors (Lipinski definition) is 0. The third kappa shape index (κ3) is 4.25. The average molecular weight is 256 g/mol. The summed E-state index contributed by atoms with van der Waals surface area (Å²) in [5.74, 6) is -0.0729. The molecule has 1 rings (SSSR count). The van der Waals surface area contributed by atoms with E-state index in [9.17, 15) is 4.79 Å². The van der Waals surface area contributed by atoms with Crippen molar-refractivity contribution in [1.29, 1.82) is 0 Å². The van der Waals surface area contributed by atoms with Crippen LogP contribution >= 0.6 is 0 Å². The van der Waals surface area contributed by atoms with Gasteiger partial charge in [-0.05, 0) is 33.4 Å². The van der Waals surface area contributed by atoms with Gasteiger partial charge in [-0.25, -0.2) is 0 Å². The van der Waals surface area contributed by atoms with Crippen LogP contribution in [0, 0.1) is 0 Å². The van der Waals surface area contributed by atoms with E-state index in [0.29, 0.717) is 25.1 Å². The predicted octanol–water partition coefficient (Wildman–Crippen LogP) is 1.74. The fourth-order valence-corrected chi connectivity index (χ4v) is 2.80. The lowest BCUT2D eigenvalue weighted by Crippen LogP contribution is -2.39. The number of carbonyl (C=O) groups excluding carboxylic acids is 1. The first kappa shape index (κ1) is 15.4. The molecule has 0 radical (unpaired) electrons. The summed E-state index contributed by atoms with van der Waals surface area (Å²) in [6.45, 7) is 13.3. The number of nitrogens with zero attached hydrogens (tertiary/aromatic N) is 2. The molecule has 2 unspecified atom stereocenters. The molecule has 106 valence electrons. The number of ether oxygens (including phenoxy) is 1. The number of hydrogen-bond acceptors (Lipinski definition) is 4. The van der Waals surface area contributed by atoms with E-state index in [1.807, 2.05) is 6.92 Å². The molecule has 0 N–H and O–H groups in total. The number of rotatable bonds is 7. The quantitative estimate of drug-likeness (QED) is 0.650. The molecule has 0 aliphatic carbocycles. The fourth-order valence-electron chi connectivity index (χ4n) is 2.80. The van der Waals surface area contributed by atoms with E-state index in [1.54, 1.807) is 0 Å². The molecule has 4 nitrogen and oxygen atoms in total. The van der Waals surface area contributed by atoms with E-state index in [2.05, 4.69) is 30.6 Å². The molecule has 1 fully saturated rings. The Morgan fingerprint density at radius 2 is 2.06 bits per heavy atom. The molecule has 0 saturated carbocycles. The summed E-state index contributed by atoms with van der Waals surface area (Å²) in [6, 6.07) is 0.953. The molecule has 1 saturated heterocycles. The van der Waals surface area contributed by atoms with Crippen molar-refractivity contribution in [3.63, 3.8) is 0 Å². The van der Waals surface area contributed by atoms with Crippen molar-refractivity contribution in [2.45, 2.75) is 52.6 Å². The van der Waals surface area contributed by atoms with Crippen LogP contribution in [0.4, 0.5) is 0 Å². The Morgan fingerprint density at radius 3 is 2.61 bits per heavy atom. The maximum absolute atomic E-state index is 11.5. The van der Waals surface area contributed by atoms with E-state index < -0.39 is 0 Å². The van der Waals surface area contributed by atoms with Crippen LogP contribution in [0.2, 0.25) is 0 Å². The molecule has 0 aromatic rings. The Morgan fingerprint density at radius 1 is 1.39 bits per heavy atom. The second kappa shape index (κ2) is 7.74. The molecular weight excluding hydrogens is 228 g/mol. The summed E-state index contributed by atoms with van der Waals surface area (Å²) in [6.07, 6.45) is 1.73. The summed E-state index contributed by atoms with van der Waals surface area (Å²) >= 11 is 0. The molecule has 18 heavy (non-hydrogen) atoms. The minimum absolute atomic E-state index is 0.0729. The first-order valence-electron chi connectivity index (χ1n) is 7.26. The van der Waals surface area contributed by atoms with Crippen molar-refractivity contribution < 1.29 is 9.53 Å². The number of likely N-dealkylation sites (N-methyl/N-ethyl adjacent to an activating group) is 1. The summed E-state index contributed by atoms with van der Waals surface area (Å²) in [5, 5.41) is 0. The summed E-state index contributed by atoms with van der Waals surface area (Å²) < 4.78 is 5.01. The molecule has 0 amide bonds.